The van der Waals surface area contributed by atoms with Crippen molar-refractivity contribution in [1.82, 2.24) is 29.7 Å². The second-order valence-electron chi connectivity index (χ2n) is 14.4. The highest BCUT2D eigenvalue weighted by atomic mass is 16.6. The molecule has 3 heterocycles. The molecule has 2 bridgehead atoms. The van der Waals surface area contributed by atoms with E-state index in [0.29, 0.717) is 5.41 Å². The highest BCUT2D eigenvalue weighted by molar-refractivity contribution is 5.70. The summed E-state index contributed by atoms with van der Waals surface area (Å²) in [6.45, 7) is 18.6. The summed E-state index contributed by atoms with van der Waals surface area (Å²) in [5.74, 6) is 0. The average Bonchev–Trinajstić information content (AvgIpc) is 3.25. The molecule has 0 unspecified atom stereocenters. The van der Waals surface area contributed by atoms with Crippen molar-refractivity contribution in [2.24, 2.45) is 5.41 Å². The van der Waals surface area contributed by atoms with Crippen LogP contribution in [0.25, 0.3) is 11.7 Å². The predicted octanol–water partition coefficient (Wildman–Crippen LogP) is 5.58. The van der Waals surface area contributed by atoms with E-state index in [-0.39, 0.29) is 11.6 Å². The largest absolute Gasteiger partial charge is 0.444 e. The van der Waals surface area contributed by atoms with Crippen LogP contribution in [-0.2, 0) is 17.6 Å². The molecule has 8 nitrogen and oxygen atoms in total. The van der Waals surface area contributed by atoms with Crippen molar-refractivity contribution in [3.63, 3.8) is 0 Å². The van der Waals surface area contributed by atoms with Crippen molar-refractivity contribution in [2.45, 2.75) is 84.8 Å². The molecule has 43 heavy (non-hydrogen) atoms. The van der Waals surface area contributed by atoms with Gasteiger partial charge in [-0.3, -0.25) is 4.90 Å². The van der Waals surface area contributed by atoms with E-state index in [0.717, 1.165) is 94.1 Å². The van der Waals surface area contributed by atoms with E-state index in [2.05, 4.69) is 78.4 Å². The van der Waals surface area contributed by atoms with Gasteiger partial charge in [-0.15, -0.1) is 0 Å². The summed E-state index contributed by atoms with van der Waals surface area (Å²) in [5.41, 5.74) is 8.00. The first-order chi connectivity index (χ1) is 20.4. The topological polar surface area (TPSA) is 75.0 Å². The highest BCUT2D eigenvalue weighted by Crippen LogP contribution is 2.67. The van der Waals surface area contributed by atoms with E-state index < -0.39 is 5.60 Å². The maximum absolute atomic E-state index is 12.2. The molecule has 3 aromatic rings. The quantitative estimate of drug-likeness (QED) is 0.354. The van der Waals surface area contributed by atoms with Crippen molar-refractivity contribution in [3.8, 4) is 0 Å². The minimum absolute atomic E-state index is 0.00481. The van der Waals surface area contributed by atoms with Crippen LogP contribution in [-0.4, -0.2) is 80.9 Å². The third-order valence-electron chi connectivity index (χ3n) is 9.37. The summed E-state index contributed by atoms with van der Waals surface area (Å²) < 4.78 is 7.46. The molecule has 0 spiro atoms. The molecule has 3 aliphatic carbocycles. The lowest BCUT2D eigenvalue weighted by atomic mass is 9.39. The number of nitrogens with one attached hydrogen (secondary N) is 1. The van der Waals surface area contributed by atoms with Gasteiger partial charge in [0.1, 0.15) is 5.60 Å². The lowest BCUT2D eigenvalue weighted by Crippen LogP contribution is -2.77. The van der Waals surface area contributed by atoms with Gasteiger partial charge >= 0.3 is 6.09 Å². The number of carbonyl (C=O) groups is 1. The molecule has 4 fully saturated rings. The van der Waals surface area contributed by atoms with Crippen molar-refractivity contribution < 1.29 is 9.53 Å². The van der Waals surface area contributed by atoms with E-state index in [1.165, 1.54) is 16.7 Å². The monoisotopic (exact) mass is 584 g/mol. The number of fused-ring (bicyclic) bond motifs is 1. The van der Waals surface area contributed by atoms with Gasteiger partial charge in [0.05, 0.1) is 5.69 Å². The third-order valence-corrected chi connectivity index (χ3v) is 9.37. The number of carbonyl (C=O) groups excluding carboxylic acids is 1. The normalized spacial score (nSPS) is 24.2. The molecule has 1 N–H and O–H groups in total. The Balaban J connectivity index is 0.940. The lowest BCUT2D eigenvalue weighted by molar-refractivity contribution is -0.166. The Bertz CT molecular complexity index is 1490. The van der Waals surface area contributed by atoms with E-state index in [9.17, 15) is 4.79 Å². The zero-order chi connectivity index (χ0) is 30.4. The fourth-order valence-corrected chi connectivity index (χ4v) is 7.59. The number of rotatable bonds is 9. The van der Waals surface area contributed by atoms with Gasteiger partial charge in [-0.1, -0.05) is 43.3 Å². The zero-order valence-electron chi connectivity index (χ0n) is 26.9. The maximum Gasteiger partial charge on any atom is 0.408 e. The van der Waals surface area contributed by atoms with Crippen LogP contribution < -0.4 is 5.32 Å². The molecule has 4 aliphatic rings. The summed E-state index contributed by atoms with van der Waals surface area (Å²) in [6, 6.07) is 11.0. The Morgan fingerprint density at radius 2 is 1.72 bits per heavy atom. The number of alkyl carbamates (subject to hydrolysis) is 1. The van der Waals surface area contributed by atoms with Crippen LogP contribution in [0.3, 0.4) is 0 Å². The van der Waals surface area contributed by atoms with E-state index in [1.54, 1.807) is 0 Å². The van der Waals surface area contributed by atoms with E-state index in [4.69, 9.17) is 14.8 Å². The number of amides is 1. The SMILES string of the molecule is CCc1nn2c(C)cc(C)nc2c1Cc1ccc(/C=C/CN2CCN(CC34CC(NC(=O)OC(C)(C)C)(C3)C4)CC2)cc1. The van der Waals surface area contributed by atoms with Gasteiger partial charge in [-0.2, -0.15) is 5.10 Å². The molecule has 230 valence electrons. The second kappa shape index (κ2) is 11.4. The molecular weight excluding hydrogens is 536 g/mol. The number of nitrogens with zero attached hydrogens (tertiary/aromatic N) is 5. The Labute approximate surface area is 256 Å². The Hall–Kier alpha value is -3.23. The summed E-state index contributed by atoms with van der Waals surface area (Å²) in [7, 11) is 0. The van der Waals surface area contributed by atoms with Gasteiger partial charge in [0, 0.05) is 68.2 Å². The second-order valence-corrected chi connectivity index (χ2v) is 14.4. The Morgan fingerprint density at radius 3 is 2.37 bits per heavy atom. The van der Waals surface area contributed by atoms with Crippen molar-refractivity contribution in [2.75, 3.05) is 39.3 Å². The van der Waals surface area contributed by atoms with Crippen LogP contribution in [0.5, 0.6) is 0 Å². The molecule has 2 aromatic heterocycles. The highest BCUT2D eigenvalue weighted by Gasteiger charge is 2.68. The fraction of sp³-hybridized carbons (Fsp3) is 0.571. The minimum Gasteiger partial charge on any atom is -0.444 e. The molecule has 1 aliphatic heterocycles. The van der Waals surface area contributed by atoms with E-state index >= 15 is 0 Å². The summed E-state index contributed by atoms with van der Waals surface area (Å²) in [4.78, 5) is 22.2. The zero-order valence-corrected chi connectivity index (χ0v) is 26.9. The predicted molar refractivity (Wildman–Crippen MR) is 171 cm³/mol. The Morgan fingerprint density at radius 1 is 1.05 bits per heavy atom. The molecule has 7 rings (SSSR count). The van der Waals surface area contributed by atoms with Crippen molar-refractivity contribution in [3.05, 3.63) is 70.2 Å². The van der Waals surface area contributed by atoms with Gasteiger partial charge in [-0.25, -0.2) is 14.3 Å². The molecule has 0 radical (unpaired) electrons. The van der Waals surface area contributed by atoms with Gasteiger partial charge in [0.25, 0.3) is 0 Å². The molecular formula is C35H48N6O2. The van der Waals surface area contributed by atoms with Gasteiger partial charge in [0.2, 0.25) is 0 Å². The van der Waals surface area contributed by atoms with Gasteiger partial charge in [-0.05, 0) is 82.9 Å². The van der Waals surface area contributed by atoms with Crippen LogP contribution in [0.15, 0.2) is 36.4 Å². The molecule has 3 saturated carbocycles. The number of aromatic nitrogens is 3. The van der Waals surface area contributed by atoms with Crippen LogP contribution >= 0.6 is 0 Å². The number of aryl methyl sites for hydroxylation is 3. The first-order valence-electron chi connectivity index (χ1n) is 16.0. The van der Waals surface area contributed by atoms with Crippen LogP contribution in [0.2, 0.25) is 0 Å². The van der Waals surface area contributed by atoms with Crippen LogP contribution in [0, 0.1) is 19.3 Å². The molecule has 1 amide bonds. The summed E-state index contributed by atoms with van der Waals surface area (Å²) in [5, 5.41) is 7.99. The number of hydrogen-bond acceptors (Lipinski definition) is 6. The van der Waals surface area contributed by atoms with Crippen molar-refractivity contribution in [1.29, 1.82) is 0 Å². The standard InChI is InChI=1S/C35H48N6O2/c1-7-30-29(31-36-25(2)19-26(3)41(31)38-30)20-28-12-10-27(11-13-28)9-8-14-39-15-17-40(18-16-39)24-34-21-35(22-34,23-34)37-32(42)43-33(4,5)6/h8-13,19H,7,14-18,20-24H2,1-6H3,(H,37,42)/b9-8+. The Kier molecular flexibility index (Phi) is 7.88. The maximum atomic E-state index is 12.2. The van der Waals surface area contributed by atoms with Crippen LogP contribution in [0.1, 0.15) is 80.7 Å². The fourth-order valence-electron chi connectivity index (χ4n) is 7.59. The molecule has 8 heteroatoms. The molecule has 0 atom stereocenters. The molecule has 1 saturated heterocycles. The van der Waals surface area contributed by atoms with E-state index in [1.807, 2.05) is 25.3 Å². The number of benzene rings is 1. The molecule has 1 aromatic carbocycles. The minimum atomic E-state index is -0.447. The first kappa shape index (κ1) is 29.8. The average molecular weight is 585 g/mol. The van der Waals surface area contributed by atoms with Gasteiger partial charge < -0.3 is 15.0 Å². The number of ether oxygens (including phenoxy) is 1. The van der Waals surface area contributed by atoms with Crippen molar-refractivity contribution >= 4 is 17.8 Å². The number of hydrogen-bond donors (Lipinski definition) is 1. The lowest BCUT2D eigenvalue weighted by Gasteiger charge is -2.71. The smallest absolute Gasteiger partial charge is 0.408 e. The first-order valence-corrected chi connectivity index (χ1v) is 16.0. The third kappa shape index (κ3) is 6.50. The summed E-state index contributed by atoms with van der Waals surface area (Å²) in [6.07, 6.45) is 9.31. The van der Waals surface area contributed by atoms with Crippen LogP contribution in [0.4, 0.5) is 4.79 Å². The summed E-state index contributed by atoms with van der Waals surface area (Å²) >= 11 is 0. The van der Waals surface area contributed by atoms with Gasteiger partial charge in [0.15, 0.2) is 5.65 Å². The number of piperazine rings is 1.